The summed E-state index contributed by atoms with van der Waals surface area (Å²) in [4.78, 5) is 31.0. The highest BCUT2D eigenvalue weighted by molar-refractivity contribution is 7.92. The molecule has 2 aliphatic heterocycles. The molecule has 0 radical (unpaired) electrons. The van der Waals surface area contributed by atoms with E-state index in [2.05, 4.69) is 20.4 Å². The number of carbonyl (C=O) groups is 2. The van der Waals surface area contributed by atoms with Crippen LogP contribution in [0.2, 0.25) is 10.0 Å². The third-order valence-electron chi connectivity index (χ3n) is 9.91. The fourth-order valence-corrected chi connectivity index (χ4v) is 10.1. The van der Waals surface area contributed by atoms with E-state index in [1.807, 2.05) is 4.72 Å². The van der Waals surface area contributed by atoms with E-state index in [4.69, 9.17) is 27.7 Å². The summed E-state index contributed by atoms with van der Waals surface area (Å²) >= 11 is 14.4. The number of amides is 1. The Morgan fingerprint density at radius 3 is 2.47 bits per heavy atom. The van der Waals surface area contributed by atoms with Crippen molar-refractivity contribution in [1.82, 2.24) is 20.2 Å². The fraction of sp³-hybridized carbons (Fsp3) is 0.438. The van der Waals surface area contributed by atoms with E-state index in [0.29, 0.717) is 49.9 Å². The molecule has 4 fully saturated rings. The van der Waals surface area contributed by atoms with Gasteiger partial charge in [0.2, 0.25) is 10.0 Å². The first-order chi connectivity index (χ1) is 22.6. The zero-order chi connectivity index (χ0) is 32.7. The van der Waals surface area contributed by atoms with Gasteiger partial charge < -0.3 is 19.5 Å². The van der Waals surface area contributed by atoms with Gasteiger partial charge in [0.25, 0.3) is 5.91 Å². The maximum atomic E-state index is 15.2. The van der Waals surface area contributed by atoms with Crippen LogP contribution in [0.15, 0.2) is 34.9 Å². The number of fused-ring (bicyclic) bond motifs is 3. The van der Waals surface area contributed by atoms with Crippen LogP contribution >= 0.6 is 34.5 Å². The zero-order valence-corrected chi connectivity index (χ0v) is 28.1. The van der Waals surface area contributed by atoms with Crippen molar-refractivity contribution in [2.24, 2.45) is 0 Å². The van der Waals surface area contributed by atoms with Gasteiger partial charge in [0.15, 0.2) is 10.9 Å². The van der Waals surface area contributed by atoms with Gasteiger partial charge in [0, 0.05) is 47.3 Å². The van der Waals surface area contributed by atoms with Crippen molar-refractivity contribution in [3.05, 3.63) is 63.1 Å². The number of aldehydes is 1. The topological polar surface area (TPSA) is 134 Å². The Labute approximate surface area is 284 Å². The van der Waals surface area contributed by atoms with E-state index in [9.17, 15) is 18.0 Å². The number of halogens is 3. The number of nitrogens with zero attached hydrogens (tertiary/aromatic N) is 3. The van der Waals surface area contributed by atoms with Crippen LogP contribution in [0.3, 0.4) is 0 Å². The molecule has 2 aliphatic carbocycles. The van der Waals surface area contributed by atoms with Crippen molar-refractivity contribution in [2.75, 3.05) is 4.90 Å². The lowest BCUT2D eigenvalue weighted by Crippen LogP contribution is -2.49. The quantitative estimate of drug-likeness (QED) is 0.180. The fourth-order valence-electron chi connectivity index (χ4n) is 7.06. The van der Waals surface area contributed by atoms with Gasteiger partial charge in [-0.2, -0.15) is 0 Å². The second-order valence-corrected chi connectivity index (χ2v) is 16.9. The third kappa shape index (κ3) is 5.44. The van der Waals surface area contributed by atoms with Crippen molar-refractivity contribution in [2.45, 2.75) is 86.7 Å². The molecule has 4 aliphatic rings. The van der Waals surface area contributed by atoms with Crippen LogP contribution in [0.1, 0.15) is 79.0 Å². The molecule has 246 valence electrons. The van der Waals surface area contributed by atoms with Gasteiger partial charge in [0.1, 0.15) is 28.0 Å². The first kappa shape index (κ1) is 31.2. The van der Waals surface area contributed by atoms with Gasteiger partial charge in [-0.25, -0.2) is 22.5 Å². The van der Waals surface area contributed by atoms with Crippen molar-refractivity contribution in [3.63, 3.8) is 0 Å². The Kier molecular flexibility index (Phi) is 7.64. The monoisotopic (exact) mass is 717 g/mol. The zero-order valence-electron chi connectivity index (χ0n) is 25.0. The second kappa shape index (κ2) is 11.5. The summed E-state index contributed by atoms with van der Waals surface area (Å²) in [5.74, 6) is -0.433. The standard InChI is InChI=1S/C32H30Cl2FN5O5S2/c33-22-2-1-3-23(34)26(22)27-21(29(45-38-27)16-4-5-16)14-36-18-12-19-6-7-20(13-18)40(19)31-37-28-24(35)10-17(11-25(28)46-31)30(42)39-47(43,44)32(15-41)8-9-32/h1-3,10-11,15-16,18-20,36H,4-9,12-14H2,(H,39,42). The molecule has 2 aromatic carbocycles. The predicted molar refractivity (Wildman–Crippen MR) is 177 cm³/mol. The minimum Gasteiger partial charge on any atom is -0.360 e. The lowest BCUT2D eigenvalue weighted by Gasteiger charge is -2.39. The Balaban J connectivity index is 0.989. The summed E-state index contributed by atoms with van der Waals surface area (Å²) in [5, 5.41) is 9.89. The Morgan fingerprint density at radius 1 is 1.13 bits per heavy atom. The lowest BCUT2D eigenvalue weighted by molar-refractivity contribution is -0.108. The minimum atomic E-state index is -4.22. The molecule has 2 saturated carbocycles. The molecule has 2 bridgehead atoms. The van der Waals surface area contributed by atoms with Gasteiger partial charge in [-0.05, 0) is 75.6 Å². The van der Waals surface area contributed by atoms with Crippen LogP contribution in [0, 0.1) is 5.82 Å². The van der Waals surface area contributed by atoms with Crippen LogP contribution in [0.25, 0.3) is 21.5 Å². The maximum Gasteiger partial charge on any atom is 0.264 e. The van der Waals surface area contributed by atoms with Crippen LogP contribution in [-0.2, 0) is 21.4 Å². The molecule has 8 rings (SSSR count). The highest BCUT2D eigenvalue weighted by atomic mass is 35.5. The number of hydrogen-bond donors (Lipinski definition) is 2. The molecular weight excluding hydrogens is 688 g/mol. The summed E-state index contributed by atoms with van der Waals surface area (Å²) in [5.41, 5.74) is 2.34. The molecule has 2 saturated heterocycles. The van der Waals surface area contributed by atoms with E-state index < -0.39 is 26.5 Å². The van der Waals surface area contributed by atoms with E-state index in [1.54, 1.807) is 18.2 Å². The van der Waals surface area contributed by atoms with E-state index >= 15 is 4.39 Å². The number of hydrogen-bond acceptors (Lipinski definition) is 10. The molecule has 1 amide bonds. The molecular formula is C32H30Cl2FN5O5S2. The van der Waals surface area contributed by atoms with Crippen LogP contribution in [0.4, 0.5) is 9.52 Å². The highest BCUT2D eigenvalue weighted by Crippen LogP contribution is 2.47. The summed E-state index contributed by atoms with van der Waals surface area (Å²) in [6.07, 6.45) is 6.47. The smallest absolute Gasteiger partial charge is 0.264 e. The van der Waals surface area contributed by atoms with E-state index in [0.717, 1.165) is 55.9 Å². The van der Waals surface area contributed by atoms with Gasteiger partial charge in [-0.3, -0.25) is 4.79 Å². The van der Waals surface area contributed by atoms with Gasteiger partial charge in [0.05, 0.1) is 14.7 Å². The molecule has 47 heavy (non-hydrogen) atoms. The highest BCUT2D eigenvalue weighted by Gasteiger charge is 2.55. The molecule has 15 heteroatoms. The SMILES string of the molecule is O=CC1(S(=O)(=O)NC(=O)c2cc(F)c3nc(N4C5CCC4CC(NCc4c(-c6c(Cl)cccc6Cl)noc4C4CC4)C5)sc3c2)CC1. The molecule has 2 atom stereocenters. The van der Waals surface area contributed by atoms with Crippen molar-refractivity contribution < 1.29 is 26.9 Å². The predicted octanol–water partition coefficient (Wildman–Crippen LogP) is 6.36. The van der Waals surface area contributed by atoms with Crippen LogP contribution in [-0.4, -0.2) is 53.6 Å². The number of sulfonamides is 1. The Hall–Kier alpha value is -3.10. The average molecular weight is 719 g/mol. The lowest BCUT2D eigenvalue weighted by atomic mass is 9.97. The van der Waals surface area contributed by atoms with Crippen LogP contribution < -0.4 is 14.9 Å². The van der Waals surface area contributed by atoms with Crippen LogP contribution in [0.5, 0.6) is 0 Å². The Morgan fingerprint density at radius 2 is 1.83 bits per heavy atom. The number of anilines is 1. The van der Waals surface area contributed by atoms with E-state index in [-0.39, 0.29) is 42.0 Å². The summed E-state index contributed by atoms with van der Waals surface area (Å²) in [6, 6.07) is 8.47. The molecule has 4 aromatic rings. The normalized spacial score (nSPS) is 23.3. The minimum absolute atomic E-state index is 0.140. The Bertz CT molecular complexity index is 2010. The molecule has 2 unspecified atom stereocenters. The largest absolute Gasteiger partial charge is 0.360 e. The number of thiazole rings is 1. The molecule has 2 N–H and O–H groups in total. The first-order valence-corrected chi connectivity index (χ1v) is 18.7. The molecule has 4 heterocycles. The third-order valence-corrected chi connectivity index (χ3v) is 13.6. The number of nitrogens with one attached hydrogen (secondary N) is 2. The summed E-state index contributed by atoms with van der Waals surface area (Å²) in [6.45, 7) is 0.567. The number of piperidine rings is 1. The van der Waals surface area contributed by atoms with Crippen molar-refractivity contribution in [1.29, 1.82) is 0 Å². The number of carbonyl (C=O) groups excluding carboxylic acids is 2. The number of aromatic nitrogens is 2. The van der Waals surface area contributed by atoms with Crippen molar-refractivity contribution in [3.8, 4) is 11.3 Å². The summed E-state index contributed by atoms with van der Waals surface area (Å²) < 4.78 is 47.0. The summed E-state index contributed by atoms with van der Waals surface area (Å²) in [7, 11) is -4.22. The van der Waals surface area contributed by atoms with Crippen molar-refractivity contribution >= 4 is 72.1 Å². The molecule has 0 spiro atoms. The van der Waals surface area contributed by atoms with Gasteiger partial charge in [-0.1, -0.05) is 45.8 Å². The second-order valence-electron chi connectivity index (χ2n) is 13.0. The number of rotatable bonds is 10. The molecule has 10 nitrogen and oxygen atoms in total. The van der Waals surface area contributed by atoms with Gasteiger partial charge >= 0.3 is 0 Å². The average Bonchev–Trinajstić information content (AvgIpc) is 3.94. The molecule has 2 aromatic heterocycles. The maximum absolute atomic E-state index is 15.2. The number of benzene rings is 2. The van der Waals surface area contributed by atoms with Gasteiger partial charge in [-0.15, -0.1) is 0 Å². The van der Waals surface area contributed by atoms with E-state index in [1.165, 1.54) is 17.4 Å². The first-order valence-electron chi connectivity index (χ1n) is 15.6.